The van der Waals surface area contributed by atoms with Gasteiger partial charge in [-0.25, -0.2) is 4.98 Å². The van der Waals surface area contributed by atoms with Gasteiger partial charge in [-0.05, 0) is 19.4 Å². The van der Waals surface area contributed by atoms with E-state index < -0.39 is 0 Å². The van der Waals surface area contributed by atoms with E-state index in [1.807, 2.05) is 0 Å². The highest BCUT2D eigenvalue weighted by atomic mass is 16.3. The summed E-state index contributed by atoms with van der Waals surface area (Å²) in [6.07, 6.45) is 8.17. The summed E-state index contributed by atoms with van der Waals surface area (Å²) in [5.74, 6) is 0.856. The van der Waals surface area contributed by atoms with Crippen LogP contribution >= 0.6 is 0 Å². The fraction of sp³-hybridized carbons (Fsp3) is 0.667. The second kappa shape index (κ2) is 3.72. The average Bonchev–Trinajstić information content (AvgIpc) is 2.59. The van der Waals surface area contributed by atoms with E-state index in [0.717, 1.165) is 18.9 Å². The number of oxazole rings is 1. The number of nitrogens with one attached hydrogen (secondary N) is 1. The molecule has 66 valence electrons. The molecule has 2 heterocycles. The van der Waals surface area contributed by atoms with Gasteiger partial charge in [-0.15, -0.1) is 0 Å². The molecular formula is C9H14N2O. The molecule has 1 aliphatic rings. The van der Waals surface area contributed by atoms with Crippen molar-refractivity contribution in [3.05, 3.63) is 18.4 Å². The van der Waals surface area contributed by atoms with E-state index in [-0.39, 0.29) is 0 Å². The van der Waals surface area contributed by atoms with E-state index in [1.54, 1.807) is 12.5 Å². The fourth-order valence-corrected chi connectivity index (χ4v) is 1.66. The molecule has 1 unspecified atom stereocenters. The predicted molar refractivity (Wildman–Crippen MR) is 45.8 cm³/mol. The summed E-state index contributed by atoms with van der Waals surface area (Å²) in [4.78, 5) is 4.10. The lowest BCUT2D eigenvalue weighted by atomic mass is 10.0. The molecule has 3 heteroatoms. The molecule has 0 bridgehead atoms. The van der Waals surface area contributed by atoms with Crippen LogP contribution in [0.1, 0.15) is 25.2 Å². The molecule has 1 aromatic heterocycles. The van der Waals surface area contributed by atoms with Gasteiger partial charge in [0.1, 0.15) is 6.26 Å². The van der Waals surface area contributed by atoms with E-state index in [4.69, 9.17) is 4.42 Å². The number of piperidine rings is 1. The molecule has 0 saturated carbocycles. The summed E-state index contributed by atoms with van der Waals surface area (Å²) in [6, 6.07) is 0.581. The molecule has 1 fully saturated rings. The minimum atomic E-state index is 0.581. The lowest BCUT2D eigenvalue weighted by Crippen LogP contribution is -2.35. The van der Waals surface area contributed by atoms with Crippen molar-refractivity contribution in [2.45, 2.75) is 31.7 Å². The summed E-state index contributed by atoms with van der Waals surface area (Å²) in [7, 11) is 0. The van der Waals surface area contributed by atoms with E-state index in [2.05, 4.69) is 10.3 Å². The first kappa shape index (κ1) is 7.80. The first-order chi connectivity index (χ1) is 5.95. The van der Waals surface area contributed by atoms with Gasteiger partial charge in [0.05, 0.1) is 6.20 Å². The van der Waals surface area contributed by atoms with Gasteiger partial charge in [0, 0.05) is 12.5 Å². The Kier molecular flexibility index (Phi) is 2.42. The van der Waals surface area contributed by atoms with Crippen LogP contribution in [0.25, 0.3) is 0 Å². The van der Waals surface area contributed by atoms with Gasteiger partial charge in [-0.2, -0.15) is 0 Å². The van der Waals surface area contributed by atoms with E-state index in [9.17, 15) is 0 Å². The molecule has 1 saturated heterocycles. The smallest absolute Gasteiger partial charge is 0.195 e. The van der Waals surface area contributed by atoms with Crippen LogP contribution in [0.4, 0.5) is 0 Å². The molecule has 0 aliphatic carbocycles. The quantitative estimate of drug-likeness (QED) is 0.720. The maximum Gasteiger partial charge on any atom is 0.195 e. The van der Waals surface area contributed by atoms with Crippen LogP contribution in [-0.2, 0) is 6.42 Å². The molecule has 0 radical (unpaired) electrons. The minimum absolute atomic E-state index is 0.581. The highest BCUT2D eigenvalue weighted by Gasteiger charge is 2.14. The third-order valence-electron chi connectivity index (χ3n) is 2.32. The first-order valence-electron chi connectivity index (χ1n) is 4.57. The average molecular weight is 166 g/mol. The molecule has 0 aromatic carbocycles. The Morgan fingerprint density at radius 1 is 1.58 bits per heavy atom. The fourth-order valence-electron chi connectivity index (χ4n) is 1.66. The second-order valence-corrected chi connectivity index (χ2v) is 3.28. The van der Waals surface area contributed by atoms with Crippen molar-refractivity contribution in [1.29, 1.82) is 0 Å². The second-order valence-electron chi connectivity index (χ2n) is 3.28. The maximum absolute atomic E-state index is 5.19. The van der Waals surface area contributed by atoms with Gasteiger partial charge >= 0.3 is 0 Å². The van der Waals surface area contributed by atoms with Crippen molar-refractivity contribution in [3.63, 3.8) is 0 Å². The van der Waals surface area contributed by atoms with E-state index in [1.165, 1.54) is 19.3 Å². The lowest BCUT2D eigenvalue weighted by molar-refractivity contribution is 0.367. The van der Waals surface area contributed by atoms with Gasteiger partial charge in [0.2, 0.25) is 0 Å². The molecule has 0 spiro atoms. The summed E-state index contributed by atoms with van der Waals surface area (Å²) in [6.45, 7) is 1.14. The van der Waals surface area contributed by atoms with Crippen LogP contribution in [0, 0.1) is 0 Å². The Morgan fingerprint density at radius 3 is 3.25 bits per heavy atom. The first-order valence-corrected chi connectivity index (χ1v) is 4.57. The van der Waals surface area contributed by atoms with E-state index in [0.29, 0.717) is 6.04 Å². The monoisotopic (exact) mass is 166 g/mol. The maximum atomic E-state index is 5.19. The Morgan fingerprint density at radius 2 is 2.58 bits per heavy atom. The Hall–Kier alpha value is -0.830. The van der Waals surface area contributed by atoms with Gasteiger partial charge in [-0.3, -0.25) is 0 Å². The van der Waals surface area contributed by atoms with Crippen LogP contribution in [0.15, 0.2) is 16.9 Å². The third-order valence-corrected chi connectivity index (χ3v) is 2.32. The van der Waals surface area contributed by atoms with Crippen molar-refractivity contribution in [2.75, 3.05) is 6.54 Å². The molecule has 12 heavy (non-hydrogen) atoms. The molecule has 1 N–H and O–H groups in total. The highest BCUT2D eigenvalue weighted by molar-refractivity contribution is 4.86. The zero-order valence-corrected chi connectivity index (χ0v) is 7.12. The molecule has 1 aromatic rings. The summed E-state index contributed by atoms with van der Waals surface area (Å²) in [5.41, 5.74) is 0. The minimum Gasteiger partial charge on any atom is -0.449 e. The normalized spacial score (nSPS) is 24.2. The highest BCUT2D eigenvalue weighted by Crippen LogP contribution is 2.11. The Balaban J connectivity index is 1.86. The molecule has 3 nitrogen and oxygen atoms in total. The number of hydrogen-bond donors (Lipinski definition) is 1. The number of aromatic nitrogens is 1. The number of nitrogens with zero attached hydrogens (tertiary/aromatic N) is 1. The third kappa shape index (κ3) is 1.85. The van der Waals surface area contributed by atoms with Crippen LogP contribution in [0.2, 0.25) is 0 Å². The van der Waals surface area contributed by atoms with Gasteiger partial charge in [0.25, 0.3) is 0 Å². The lowest BCUT2D eigenvalue weighted by Gasteiger charge is -2.21. The van der Waals surface area contributed by atoms with Gasteiger partial charge in [-0.1, -0.05) is 6.42 Å². The van der Waals surface area contributed by atoms with Crippen molar-refractivity contribution >= 4 is 0 Å². The van der Waals surface area contributed by atoms with E-state index >= 15 is 0 Å². The number of rotatable bonds is 2. The van der Waals surface area contributed by atoms with Crippen LogP contribution < -0.4 is 5.32 Å². The van der Waals surface area contributed by atoms with Crippen LogP contribution in [-0.4, -0.2) is 17.6 Å². The summed E-state index contributed by atoms with van der Waals surface area (Å²) >= 11 is 0. The van der Waals surface area contributed by atoms with Gasteiger partial charge in [0.15, 0.2) is 5.89 Å². The summed E-state index contributed by atoms with van der Waals surface area (Å²) < 4.78 is 5.19. The standard InChI is InChI=1S/C9H14N2O/c1-2-4-10-8(3-1)7-9-11-5-6-12-9/h5-6,8,10H,1-4,7H2. The van der Waals surface area contributed by atoms with Crippen molar-refractivity contribution in [1.82, 2.24) is 10.3 Å². The molecule has 1 atom stereocenters. The summed E-state index contributed by atoms with van der Waals surface area (Å²) in [5, 5.41) is 3.46. The van der Waals surface area contributed by atoms with Crippen LogP contribution in [0.3, 0.4) is 0 Å². The molecule has 1 aliphatic heterocycles. The van der Waals surface area contributed by atoms with Crippen LogP contribution in [0.5, 0.6) is 0 Å². The Labute approximate surface area is 72.2 Å². The zero-order chi connectivity index (χ0) is 8.23. The zero-order valence-electron chi connectivity index (χ0n) is 7.12. The SMILES string of the molecule is c1coc(CC2CCCCN2)n1. The van der Waals surface area contributed by atoms with Gasteiger partial charge < -0.3 is 9.73 Å². The predicted octanol–water partition coefficient (Wildman–Crippen LogP) is 1.36. The van der Waals surface area contributed by atoms with Crippen molar-refractivity contribution in [2.24, 2.45) is 0 Å². The molecular weight excluding hydrogens is 152 g/mol. The van der Waals surface area contributed by atoms with Crippen molar-refractivity contribution < 1.29 is 4.42 Å². The molecule has 2 rings (SSSR count). The number of hydrogen-bond acceptors (Lipinski definition) is 3. The topological polar surface area (TPSA) is 38.1 Å². The Bertz CT molecular complexity index is 214. The van der Waals surface area contributed by atoms with Crippen molar-refractivity contribution in [3.8, 4) is 0 Å². The molecule has 0 amide bonds. The largest absolute Gasteiger partial charge is 0.449 e.